The fraction of sp³-hybridized carbons (Fsp3) is 0.556. The van der Waals surface area contributed by atoms with Gasteiger partial charge in [-0.25, -0.2) is 9.37 Å². The van der Waals surface area contributed by atoms with E-state index >= 15 is 0 Å². The minimum Gasteiger partial charge on any atom is -0.368 e. The van der Waals surface area contributed by atoms with Crippen LogP contribution in [0.1, 0.15) is 83.8 Å². The Bertz CT molecular complexity index is 1130. The van der Waals surface area contributed by atoms with Crippen LogP contribution >= 0.6 is 11.3 Å². The first-order valence-corrected chi connectivity index (χ1v) is 13.6. The largest absolute Gasteiger partial charge is 0.368 e. The zero-order chi connectivity index (χ0) is 26.0. The summed E-state index contributed by atoms with van der Waals surface area (Å²) in [7, 11) is 1.69. The minimum absolute atomic E-state index is 0.0701. The van der Waals surface area contributed by atoms with Crippen LogP contribution in [0.4, 0.5) is 4.39 Å². The van der Waals surface area contributed by atoms with Crippen LogP contribution in [-0.2, 0) is 9.59 Å². The quantitative estimate of drug-likeness (QED) is 0.515. The first-order valence-electron chi connectivity index (χ1n) is 12.7. The van der Waals surface area contributed by atoms with Crippen molar-refractivity contribution in [3.63, 3.8) is 0 Å². The van der Waals surface area contributed by atoms with Gasteiger partial charge in [0.05, 0.1) is 12.0 Å². The van der Waals surface area contributed by atoms with Gasteiger partial charge in [0.1, 0.15) is 22.1 Å². The van der Waals surface area contributed by atoms with Crippen LogP contribution in [0.3, 0.4) is 0 Å². The van der Waals surface area contributed by atoms with E-state index in [9.17, 15) is 18.8 Å². The Morgan fingerprint density at radius 2 is 1.81 bits per heavy atom. The van der Waals surface area contributed by atoms with Gasteiger partial charge in [-0.15, -0.1) is 11.3 Å². The predicted molar refractivity (Wildman–Crippen MR) is 137 cm³/mol. The number of hydrogen-bond acceptors (Lipinski definition) is 6. The Morgan fingerprint density at radius 3 is 2.42 bits per heavy atom. The number of rotatable bonds is 8. The molecule has 1 aromatic carbocycles. The van der Waals surface area contributed by atoms with Gasteiger partial charge in [-0.2, -0.15) is 0 Å². The molecule has 2 amide bonds. The molecule has 1 saturated heterocycles. The average molecular weight is 515 g/mol. The van der Waals surface area contributed by atoms with Gasteiger partial charge in [-0.3, -0.25) is 14.4 Å². The number of primary amides is 1. The first kappa shape index (κ1) is 26.4. The zero-order valence-corrected chi connectivity index (χ0v) is 22.0. The van der Waals surface area contributed by atoms with Crippen molar-refractivity contribution in [1.82, 2.24) is 15.2 Å². The third-order valence-corrected chi connectivity index (χ3v) is 9.07. The Balaban J connectivity index is 1.64. The van der Waals surface area contributed by atoms with E-state index in [4.69, 9.17) is 5.73 Å². The Labute approximate surface area is 215 Å². The summed E-state index contributed by atoms with van der Waals surface area (Å²) in [4.78, 5) is 47.1. The summed E-state index contributed by atoms with van der Waals surface area (Å²) < 4.78 is 13.3. The monoisotopic (exact) mass is 514 g/mol. The van der Waals surface area contributed by atoms with Gasteiger partial charge in [-0.05, 0) is 76.8 Å². The number of nitrogens with one attached hydrogen (secondary N) is 1. The number of amides is 2. The summed E-state index contributed by atoms with van der Waals surface area (Å²) >= 11 is 1.42. The van der Waals surface area contributed by atoms with Crippen LogP contribution in [0.25, 0.3) is 0 Å². The summed E-state index contributed by atoms with van der Waals surface area (Å²) in [6, 6.07) is 5.18. The molecule has 1 aliphatic carbocycles. The molecule has 0 bridgehead atoms. The van der Waals surface area contributed by atoms with Gasteiger partial charge in [0.15, 0.2) is 0 Å². The molecule has 1 aromatic heterocycles. The lowest BCUT2D eigenvalue weighted by atomic mass is 9.69. The van der Waals surface area contributed by atoms with Crippen molar-refractivity contribution in [2.75, 3.05) is 13.6 Å². The highest BCUT2D eigenvalue weighted by molar-refractivity contribution is 7.12. The molecule has 9 heteroatoms. The predicted octanol–water partition coefficient (Wildman–Crippen LogP) is 4.15. The fourth-order valence-electron chi connectivity index (χ4n) is 5.79. The van der Waals surface area contributed by atoms with Crippen LogP contribution in [0.5, 0.6) is 0 Å². The molecule has 2 aliphatic rings. The number of aromatic nitrogens is 1. The van der Waals surface area contributed by atoms with E-state index in [1.54, 1.807) is 14.0 Å². The maximum Gasteiger partial charge on any atom is 0.238 e. The molecule has 2 heterocycles. The molecular weight excluding hydrogens is 479 g/mol. The van der Waals surface area contributed by atoms with E-state index in [2.05, 4.69) is 10.3 Å². The second-order valence-electron chi connectivity index (χ2n) is 10.2. The number of hydrogen-bond donors (Lipinski definition) is 2. The lowest BCUT2D eigenvalue weighted by molar-refractivity contribution is -0.147. The number of halogens is 1. The summed E-state index contributed by atoms with van der Waals surface area (Å²) in [5, 5.41) is 3.80. The Hall–Kier alpha value is -2.65. The maximum absolute atomic E-state index is 14.2. The van der Waals surface area contributed by atoms with Crippen LogP contribution < -0.4 is 11.1 Å². The average Bonchev–Trinajstić information content (AvgIpc) is 3.51. The number of carbonyl (C=O) groups is 3. The highest BCUT2D eigenvalue weighted by atomic mass is 32.1. The number of carbonyl (C=O) groups excluding carboxylic acids is 3. The molecular formula is C27H35FN4O3S. The van der Waals surface area contributed by atoms with Crippen LogP contribution in [0, 0.1) is 24.6 Å². The zero-order valence-electron chi connectivity index (χ0n) is 21.2. The van der Waals surface area contributed by atoms with E-state index in [0.29, 0.717) is 17.8 Å². The van der Waals surface area contributed by atoms with E-state index < -0.39 is 23.2 Å². The van der Waals surface area contributed by atoms with Gasteiger partial charge in [0.2, 0.25) is 17.6 Å². The van der Waals surface area contributed by atoms with Crippen molar-refractivity contribution >= 4 is 28.9 Å². The van der Waals surface area contributed by atoms with Crippen LogP contribution in [-0.4, -0.2) is 46.6 Å². The molecule has 1 unspecified atom stereocenters. The number of likely N-dealkylation sites (N-methyl/N-ethyl adjacent to an activating group) is 1. The molecule has 2 aromatic rings. The number of aryl methyl sites for hydroxylation is 1. The van der Waals surface area contributed by atoms with Gasteiger partial charge < -0.3 is 16.0 Å². The van der Waals surface area contributed by atoms with E-state index in [-0.39, 0.29) is 23.7 Å². The normalized spacial score (nSPS) is 21.2. The molecule has 194 valence electrons. The third kappa shape index (κ3) is 4.95. The van der Waals surface area contributed by atoms with Crippen molar-refractivity contribution in [2.45, 2.75) is 70.4 Å². The molecule has 1 saturated carbocycles. The molecule has 2 fully saturated rings. The Kier molecular flexibility index (Phi) is 7.90. The van der Waals surface area contributed by atoms with Gasteiger partial charge in [0.25, 0.3) is 0 Å². The SMILES string of the molecule is CNC(C)(C(N)=O)[C@@H](C(=O)N1CCC[C@H]1c1nc(C(=O)c2ccc(F)cc2)c(C)s1)C1CCCCC1. The smallest absolute Gasteiger partial charge is 0.238 e. The number of nitrogens with two attached hydrogens (primary N) is 1. The number of likely N-dealkylation sites (tertiary alicyclic amines) is 1. The number of ketones is 1. The van der Waals surface area contributed by atoms with Crippen molar-refractivity contribution in [3.05, 3.63) is 51.2 Å². The Morgan fingerprint density at radius 1 is 1.14 bits per heavy atom. The van der Waals surface area contributed by atoms with Crippen LogP contribution in [0.2, 0.25) is 0 Å². The summed E-state index contributed by atoms with van der Waals surface area (Å²) in [6.07, 6.45) is 6.57. The fourth-order valence-corrected chi connectivity index (χ4v) is 6.86. The molecule has 0 spiro atoms. The lowest BCUT2D eigenvalue weighted by Gasteiger charge is -2.42. The maximum atomic E-state index is 14.2. The van der Waals surface area contributed by atoms with Crippen molar-refractivity contribution < 1.29 is 18.8 Å². The lowest BCUT2D eigenvalue weighted by Crippen LogP contribution is -2.63. The molecule has 3 atom stereocenters. The molecule has 4 rings (SSSR count). The summed E-state index contributed by atoms with van der Waals surface area (Å²) in [6.45, 7) is 4.16. The van der Waals surface area contributed by atoms with Crippen LogP contribution in [0.15, 0.2) is 24.3 Å². The standard InChI is InChI=1S/C27H35FN4O3S/c1-16-22(23(33)18-11-13-19(28)14-12-18)31-24(36-16)20-10-7-15-32(20)25(34)21(17-8-5-4-6-9-17)27(2,30-3)26(29)35/h11-14,17,20-21,30H,4-10,15H2,1-3H3,(H2,29,35)/t20-,21+,27?/m0/s1. The highest BCUT2D eigenvalue weighted by Crippen LogP contribution is 2.42. The second kappa shape index (κ2) is 10.8. The van der Waals surface area contributed by atoms with E-state index in [0.717, 1.165) is 54.8 Å². The number of nitrogens with zero attached hydrogens (tertiary/aromatic N) is 2. The topological polar surface area (TPSA) is 105 Å². The minimum atomic E-state index is -1.16. The van der Waals surface area contributed by atoms with Crippen molar-refractivity contribution in [2.24, 2.45) is 17.6 Å². The second-order valence-corrected chi connectivity index (χ2v) is 11.4. The van der Waals surface area contributed by atoms with Crippen molar-refractivity contribution in [3.8, 4) is 0 Å². The van der Waals surface area contributed by atoms with Gasteiger partial charge >= 0.3 is 0 Å². The van der Waals surface area contributed by atoms with E-state index in [1.807, 2.05) is 11.8 Å². The molecule has 3 N–H and O–H groups in total. The first-order chi connectivity index (χ1) is 17.2. The molecule has 36 heavy (non-hydrogen) atoms. The van der Waals surface area contributed by atoms with Gasteiger partial charge in [-0.1, -0.05) is 19.3 Å². The molecule has 7 nitrogen and oxygen atoms in total. The number of benzene rings is 1. The third-order valence-electron chi connectivity index (χ3n) is 8.00. The van der Waals surface area contributed by atoms with Gasteiger partial charge in [0, 0.05) is 17.0 Å². The van der Waals surface area contributed by atoms with E-state index in [1.165, 1.54) is 35.6 Å². The molecule has 0 radical (unpaired) electrons. The number of thiazole rings is 1. The summed E-state index contributed by atoms with van der Waals surface area (Å²) in [5.74, 6) is -1.75. The van der Waals surface area contributed by atoms with Crippen molar-refractivity contribution in [1.29, 1.82) is 0 Å². The highest BCUT2D eigenvalue weighted by Gasteiger charge is 2.50. The summed E-state index contributed by atoms with van der Waals surface area (Å²) in [5.41, 5.74) is 5.40. The molecule has 1 aliphatic heterocycles.